The molecule has 1 aliphatic carbocycles. The van der Waals surface area contributed by atoms with Gasteiger partial charge in [-0.3, -0.25) is 0 Å². The highest BCUT2D eigenvalue weighted by molar-refractivity contribution is 5.11. The number of aromatic nitrogens is 2. The summed E-state index contributed by atoms with van der Waals surface area (Å²) < 4.78 is 6.00. The quantitative estimate of drug-likeness (QED) is 0.872. The molecule has 4 nitrogen and oxygen atoms in total. The largest absolute Gasteiger partial charge is 0.388 e. The summed E-state index contributed by atoms with van der Waals surface area (Å²) in [6, 6.07) is 1.86. The molecule has 1 saturated heterocycles. The first kappa shape index (κ1) is 12.1. The van der Waals surface area contributed by atoms with Crippen LogP contribution in [0.25, 0.3) is 0 Å². The number of nitrogens with zero attached hydrogens (tertiary/aromatic N) is 2. The average Bonchev–Trinajstić information content (AvgIpc) is 2.87. The molecule has 1 saturated carbocycles. The van der Waals surface area contributed by atoms with Crippen LogP contribution in [0.2, 0.25) is 0 Å². The molecule has 2 fully saturated rings. The van der Waals surface area contributed by atoms with E-state index in [4.69, 9.17) is 4.74 Å². The molecule has 1 spiro atoms. The molecule has 0 amide bonds. The molecule has 1 N–H and O–H groups in total. The molecule has 18 heavy (non-hydrogen) atoms. The third-order valence-electron chi connectivity index (χ3n) is 4.44. The fourth-order valence-electron chi connectivity index (χ4n) is 3.45. The molecule has 1 aliphatic heterocycles. The Labute approximate surface area is 107 Å². The number of aliphatic hydroxyl groups excluding tert-OH is 1. The average molecular weight is 248 g/mol. The van der Waals surface area contributed by atoms with Gasteiger partial charge in [0.05, 0.1) is 17.9 Å². The molecule has 2 heterocycles. The number of ether oxygens (including phenoxy) is 1. The lowest BCUT2D eigenvalue weighted by molar-refractivity contribution is -0.113. The van der Waals surface area contributed by atoms with Gasteiger partial charge in [-0.25, -0.2) is 0 Å². The van der Waals surface area contributed by atoms with Gasteiger partial charge in [0, 0.05) is 18.4 Å². The van der Waals surface area contributed by atoms with Gasteiger partial charge in [-0.1, -0.05) is 12.8 Å². The van der Waals surface area contributed by atoms with Gasteiger partial charge in [0.15, 0.2) is 0 Å². The Morgan fingerprint density at radius 2 is 2.17 bits per heavy atom. The molecule has 98 valence electrons. The lowest BCUT2D eigenvalue weighted by atomic mass is 9.80. The third kappa shape index (κ3) is 2.27. The minimum atomic E-state index is -0.429. The van der Waals surface area contributed by atoms with E-state index in [-0.39, 0.29) is 5.60 Å². The maximum absolute atomic E-state index is 10.5. The van der Waals surface area contributed by atoms with Gasteiger partial charge < -0.3 is 9.84 Å². The van der Waals surface area contributed by atoms with E-state index < -0.39 is 6.10 Å². The minimum Gasteiger partial charge on any atom is -0.388 e. The van der Waals surface area contributed by atoms with Crippen molar-refractivity contribution in [1.82, 2.24) is 10.2 Å². The molecule has 2 unspecified atom stereocenters. The summed E-state index contributed by atoms with van der Waals surface area (Å²) in [6.07, 6.45) is 9.64. The summed E-state index contributed by atoms with van der Waals surface area (Å²) in [5, 5.41) is 18.1. The molecule has 1 aromatic heterocycles. The van der Waals surface area contributed by atoms with Crippen molar-refractivity contribution in [3.8, 4) is 0 Å². The Kier molecular flexibility index (Phi) is 3.31. The SMILES string of the molecule is OC(c1ccnnc1)C1CCOC2(CCCC2)C1. The molecule has 0 bridgehead atoms. The van der Waals surface area contributed by atoms with Gasteiger partial charge >= 0.3 is 0 Å². The predicted octanol–water partition coefficient (Wildman–Crippen LogP) is 2.25. The van der Waals surface area contributed by atoms with Crippen LogP contribution in [0, 0.1) is 5.92 Å². The second-order valence-electron chi connectivity index (χ2n) is 5.61. The van der Waals surface area contributed by atoms with Gasteiger partial charge in [0.25, 0.3) is 0 Å². The highest BCUT2D eigenvalue weighted by Gasteiger charge is 2.41. The van der Waals surface area contributed by atoms with E-state index in [0.29, 0.717) is 5.92 Å². The van der Waals surface area contributed by atoms with E-state index in [2.05, 4.69) is 10.2 Å². The number of hydrogen-bond acceptors (Lipinski definition) is 4. The van der Waals surface area contributed by atoms with E-state index in [1.807, 2.05) is 6.07 Å². The lowest BCUT2D eigenvalue weighted by Crippen LogP contribution is -2.39. The van der Waals surface area contributed by atoms with E-state index >= 15 is 0 Å². The van der Waals surface area contributed by atoms with Gasteiger partial charge in [0.2, 0.25) is 0 Å². The summed E-state index contributed by atoms with van der Waals surface area (Å²) in [4.78, 5) is 0. The fraction of sp³-hybridized carbons (Fsp3) is 0.714. The molecular weight excluding hydrogens is 228 g/mol. The Balaban J connectivity index is 1.72. The van der Waals surface area contributed by atoms with Crippen molar-refractivity contribution in [3.05, 3.63) is 24.0 Å². The van der Waals surface area contributed by atoms with Gasteiger partial charge in [-0.05, 0) is 37.7 Å². The highest BCUT2D eigenvalue weighted by atomic mass is 16.5. The minimum absolute atomic E-state index is 0.0599. The monoisotopic (exact) mass is 248 g/mol. The second-order valence-corrected chi connectivity index (χ2v) is 5.61. The lowest BCUT2D eigenvalue weighted by Gasteiger charge is -2.40. The normalized spacial score (nSPS) is 28.4. The Morgan fingerprint density at radius 1 is 1.33 bits per heavy atom. The van der Waals surface area contributed by atoms with Crippen LogP contribution in [0.3, 0.4) is 0 Å². The standard InChI is InChI=1S/C14H20N2O2/c17-13(12-3-7-15-16-10-12)11-4-8-18-14(9-11)5-1-2-6-14/h3,7,10-11,13,17H,1-2,4-6,8-9H2. The van der Waals surface area contributed by atoms with E-state index in [9.17, 15) is 5.11 Å². The number of hydrogen-bond donors (Lipinski definition) is 1. The Hall–Kier alpha value is -1.00. The van der Waals surface area contributed by atoms with Gasteiger partial charge in [-0.15, -0.1) is 0 Å². The van der Waals surface area contributed by atoms with Crippen LogP contribution < -0.4 is 0 Å². The fourth-order valence-corrected chi connectivity index (χ4v) is 3.45. The molecule has 0 radical (unpaired) electrons. The van der Waals surface area contributed by atoms with Crippen molar-refractivity contribution >= 4 is 0 Å². The highest BCUT2D eigenvalue weighted by Crippen LogP contribution is 2.45. The van der Waals surface area contributed by atoms with Crippen LogP contribution in [0.15, 0.2) is 18.5 Å². The van der Waals surface area contributed by atoms with Crippen molar-refractivity contribution in [2.45, 2.75) is 50.2 Å². The Bertz CT molecular complexity index is 390. The summed E-state index contributed by atoms with van der Waals surface area (Å²) in [6.45, 7) is 0.778. The van der Waals surface area contributed by atoms with Crippen LogP contribution in [0.4, 0.5) is 0 Å². The molecule has 0 aromatic carbocycles. The summed E-state index contributed by atoms with van der Waals surface area (Å²) in [7, 11) is 0. The maximum Gasteiger partial charge on any atom is 0.0836 e. The van der Waals surface area contributed by atoms with Crippen molar-refractivity contribution in [1.29, 1.82) is 0 Å². The smallest absolute Gasteiger partial charge is 0.0836 e. The summed E-state index contributed by atoms with van der Waals surface area (Å²) in [5.41, 5.74) is 0.940. The first-order chi connectivity index (χ1) is 8.79. The second kappa shape index (κ2) is 4.94. The van der Waals surface area contributed by atoms with E-state index in [1.165, 1.54) is 12.8 Å². The van der Waals surface area contributed by atoms with Gasteiger partial charge in [0.1, 0.15) is 0 Å². The van der Waals surface area contributed by atoms with Crippen molar-refractivity contribution in [2.24, 2.45) is 5.92 Å². The number of aliphatic hydroxyl groups is 1. The van der Waals surface area contributed by atoms with Crippen LogP contribution >= 0.6 is 0 Å². The van der Waals surface area contributed by atoms with E-state index in [0.717, 1.165) is 37.9 Å². The van der Waals surface area contributed by atoms with Crippen molar-refractivity contribution < 1.29 is 9.84 Å². The van der Waals surface area contributed by atoms with Crippen LogP contribution in [0.1, 0.15) is 50.2 Å². The van der Waals surface area contributed by atoms with Crippen molar-refractivity contribution in [3.63, 3.8) is 0 Å². The first-order valence-corrected chi connectivity index (χ1v) is 6.88. The third-order valence-corrected chi connectivity index (χ3v) is 4.44. The Morgan fingerprint density at radius 3 is 2.89 bits per heavy atom. The zero-order chi connectivity index (χ0) is 12.4. The van der Waals surface area contributed by atoms with Crippen LogP contribution in [0.5, 0.6) is 0 Å². The first-order valence-electron chi connectivity index (χ1n) is 6.88. The molecule has 2 atom stereocenters. The van der Waals surface area contributed by atoms with Gasteiger partial charge in [-0.2, -0.15) is 10.2 Å². The summed E-state index contributed by atoms with van der Waals surface area (Å²) >= 11 is 0. The van der Waals surface area contributed by atoms with Crippen LogP contribution in [-0.4, -0.2) is 27.5 Å². The van der Waals surface area contributed by atoms with Crippen molar-refractivity contribution in [2.75, 3.05) is 6.61 Å². The zero-order valence-corrected chi connectivity index (χ0v) is 10.6. The summed E-state index contributed by atoms with van der Waals surface area (Å²) in [5.74, 6) is 0.293. The number of rotatable bonds is 2. The molecule has 4 heteroatoms. The van der Waals surface area contributed by atoms with Crippen LogP contribution in [-0.2, 0) is 4.74 Å². The maximum atomic E-state index is 10.5. The molecule has 2 aliphatic rings. The molecular formula is C14H20N2O2. The van der Waals surface area contributed by atoms with E-state index in [1.54, 1.807) is 12.4 Å². The predicted molar refractivity (Wildman–Crippen MR) is 66.9 cm³/mol. The topological polar surface area (TPSA) is 55.2 Å². The zero-order valence-electron chi connectivity index (χ0n) is 10.6. The molecule has 3 rings (SSSR count). The molecule has 1 aromatic rings.